The summed E-state index contributed by atoms with van der Waals surface area (Å²) in [6.07, 6.45) is 2.02. The summed E-state index contributed by atoms with van der Waals surface area (Å²) in [5.41, 5.74) is 0.755. The normalized spacial score (nSPS) is 15.7. The van der Waals surface area contributed by atoms with Crippen LogP contribution in [0.1, 0.15) is 22.3 Å². The highest BCUT2D eigenvalue weighted by atomic mass is 35.5. The number of ether oxygens (including phenoxy) is 2. The summed E-state index contributed by atoms with van der Waals surface area (Å²) in [5, 5.41) is 8.95. The van der Waals surface area contributed by atoms with Crippen molar-refractivity contribution in [2.75, 3.05) is 19.8 Å². The van der Waals surface area contributed by atoms with Gasteiger partial charge in [0.15, 0.2) is 0 Å². The number of amides is 1. The van der Waals surface area contributed by atoms with Crippen LogP contribution in [-0.2, 0) is 15.3 Å². The molecule has 0 aliphatic carbocycles. The number of benzene rings is 2. The number of H-pyrrole nitrogens is 1. The quantitative estimate of drug-likeness (QED) is 0.645. The lowest BCUT2D eigenvalue weighted by atomic mass is 10.0. The van der Waals surface area contributed by atoms with Gasteiger partial charge in [0.25, 0.3) is 5.91 Å². The zero-order valence-corrected chi connectivity index (χ0v) is 16.5. The van der Waals surface area contributed by atoms with Crippen LogP contribution in [-0.4, -0.2) is 40.4 Å². The number of nitrogens with zero attached hydrogens (tertiary/aromatic N) is 2. The van der Waals surface area contributed by atoms with E-state index in [1.807, 2.05) is 0 Å². The molecule has 156 valence electrons. The van der Waals surface area contributed by atoms with Crippen LogP contribution in [0.5, 0.6) is 0 Å². The van der Waals surface area contributed by atoms with Crippen LogP contribution in [0.2, 0.25) is 5.02 Å². The van der Waals surface area contributed by atoms with Crippen molar-refractivity contribution in [2.24, 2.45) is 0 Å². The number of carbonyl (C=O) groups is 1. The third kappa shape index (κ3) is 4.00. The first-order chi connectivity index (χ1) is 14.5. The molecule has 1 aromatic heterocycles. The van der Waals surface area contributed by atoms with Crippen LogP contribution >= 0.6 is 11.6 Å². The van der Waals surface area contributed by atoms with Crippen LogP contribution in [0.4, 0.5) is 4.39 Å². The van der Waals surface area contributed by atoms with Gasteiger partial charge in [-0.2, -0.15) is 5.10 Å². The van der Waals surface area contributed by atoms with Crippen molar-refractivity contribution in [2.45, 2.75) is 12.2 Å². The third-order valence-electron chi connectivity index (χ3n) is 4.75. The van der Waals surface area contributed by atoms with Crippen LogP contribution < -0.4 is 11.0 Å². The topological polar surface area (TPSA) is 98.2 Å². The van der Waals surface area contributed by atoms with Gasteiger partial charge in [0, 0.05) is 5.56 Å². The molecule has 0 saturated carbocycles. The summed E-state index contributed by atoms with van der Waals surface area (Å²) in [4.78, 5) is 24.7. The summed E-state index contributed by atoms with van der Waals surface area (Å²) in [6.45, 7) is 0.865. The van der Waals surface area contributed by atoms with Crippen molar-refractivity contribution in [3.8, 4) is 5.69 Å². The molecule has 0 atom stereocenters. The highest BCUT2D eigenvalue weighted by Crippen LogP contribution is 2.31. The summed E-state index contributed by atoms with van der Waals surface area (Å²) in [6, 6.07) is 10.4. The molecule has 8 nitrogen and oxygen atoms in total. The SMILES string of the molecule is O=C(NCC1(c2ccc(F)cc2)OCCCO1)c1cc(-n2cn[nH]c2=O)ccc1Cl. The van der Waals surface area contributed by atoms with E-state index in [9.17, 15) is 14.0 Å². The van der Waals surface area contributed by atoms with Crippen molar-refractivity contribution >= 4 is 17.5 Å². The Hall–Kier alpha value is -3.01. The predicted molar refractivity (Wildman–Crippen MR) is 106 cm³/mol. The molecule has 30 heavy (non-hydrogen) atoms. The molecule has 1 aliphatic heterocycles. The summed E-state index contributed by atoms with van der Waals surface area (Å²) in [5.74, 6) is -2.09. The first-order valence-corrected chi connectivity index (χ1v) is 9.60. The number of nitrogens with one attached hydrogen (secondary N) is 2. The summed E-state index contributed by atoms with van der Waals surface area (Å²) >= 11 is 6.21. The molecule has 1 amide bonds. The lowest BCUT2D eigenvalue weighted by Crippen LogP contribution is -2.47. The Morgan fingerprint density at radius 1 is 1.23 bits per heavy atom. The zero-order valence-electron chi connectivity index (χ0n) is 15.7. The first kappa shape index (κ1) is 20.3. The maximum absolute atomic E-state index is 13.3. The van der Waals surface area contributed by atoms with Gasteiger partial charge >= 0.3 is 5.69 Å². The fraction of sp³-hybridized carbons (Fsp3) is 0.250. The Balaban J connectivity index is 1.58. The fourth-order valence-corrected chi connectivity index (χ4v) is 3.41. The van der Waals surface area contributed by atoms with E-state index in [0.29, 0.717) is 30.9 Å². The van der Waals surface area contributed by atoms with Gasteiger partial charge in [-0.3, -0.25) is 4.79 Å². The average Bonchev–Trinajstić information content (AvgIpc) is 3.19. The predicted octanol–water partition coefficient (Wildman–Crippen LogP) is 2.37. The Labute approximate surface area is 175 Å². The van der Waals surface area contributed by atoms with Crippen LogP contribution in [0, 0.1) is 5.82 Å². The molecule has 0 spiro atoms. The highest BCUT2D eigenvalue weighted by Gasteiger charge is 2.37. The molecule has 3 aromatic rings. The highest BCUT2D eigenvalue weighted by molar-refractivity contribution is 6.33. The largest absolute Gasteiger partial charge is 0.347 e. The molecule has 1 aliphatic rings. The second kappa shape index (κ2) is 8.39. The van der Waals surface area contributed by atoms with Crippen molar-refractivity contribution in [3.05, 3.63) is 81.2 Å². The molecule has 0 radical (unpaired) electrons. The fourth-order valence-electron chi connectivity index (χ4n) is 3.21. The Bertz CT molecular complexity index is 1110. The lowest BCUT2D eigenvalue weighted by molar-refractivity contribution is -0.271. The van der Waals surface area contributed by atoms with E-state index in [1.165, 1.54) is 35.2 Å². The van der Waals surface area contributed by atoms with Crippen LogP contribution in [0.3, 0.4) is 0 Å². The van der Waals surface area contributed by atoms with E-state index in [-0.39, 0.29) is 22.9 Å². The molecular formula is C20H18ClFN4O4. The van der Waals surface area contributed by atoms with Crippen LogP contribution in [0.15, 0.2) is 53.6 Å². The number of aromatic nitrogens is 3. The second-order valence-electron chi connectivity index (χ2n) is 6.69. The second-order valence-corrected chi connectivity index (χ2v) is 7.10. The third-order valence-corrected chi connectivity index (χ3v) is 5.08. The van der Waals surface area contributed by atoms with Gasteiger partial charge in [0.05, 0.1) is 36.0 Å². The van der Waals surface area contributed by atoms with E-state index in [1.54, 1.807) is 18.2 Å². The summed E-state index contributed by atoms with van der Waals surface area (Å²) in [7, 11) is 0. The van der Waals surface area contributed by atoms with Gasteiger partial charge in [-0.1, -0.05) is 23.7 Å². The minimum absolute atomic E-state index is 0.0102. The van der Waals surface area contributed by atoms with Crippen molar-refractivity contribution < 1.29 is 18.7 Å². The van der Waals surface area contributed by atoms with Crippen molar-refractivity contribution in [1.29, 1.82) is 0 Å². The van der Waals surface area contributed by atoms with Crippen molar-refractivity contribution in [3.63, 3.8) is 0 Å². The average molecular weight is 433 g/mol. The number of rotatable bonds is 5. The molecule has 2 N–H and O–H groups in total. The van der Waals surface area contributed by atoms with E-state index in [0.717, 1.165) is 0 Å². The first-order valence-electron chi connectivity index (χ1n) is 9.23. The van der Waals surface area contributed by atoms with E-state index in [4.69, 9.17) is 21.1 Å². The Morgan fingerprint density at radius 3 is 2.63 bits per heavy atom. The smallest absolute Gasteiger partial charge is 0.346 e. The molecule has 2 aromatic carbocycles. The molecule has 1 saturated heterocycles. The Kier molecular flexibility index (Phi) is 5.67. The van der Waals surface area contributed by atoms with Gasteiger partial charge in [-0.05, 0) is 36.8 Å². The van der Waals surface area contributed by atoms with Crippen molar-refractivity contribution in [1.82, 2.24) is 20.1 Å². The van der Waals surface area contributed by atoms with E-state index < -0.39 is 17.4 Å². The molecule has 0 bridgehead atoms. The number of hydrogen-bond donors (Lipinski definition) is 2. The molecular weight excluding hydrogens is 415 g/mol. The lowest BCUT2D eigenvalue weighted by Gasteiger charge is -2.37. The molecule has 10 heteroatoms. The monoisotopic (exact) mass is 432 g/mol. The molecule has 4 rings (SSSR count). The number of carbonyl (C=O) groups excluding carboxylic acids is 1. The number of hydrogen-bond acceptors (Lipinski definition) is 5. The summed E-state index contributed by atoms with van der Waals surface area (Å²) < 4.78 is 26.3. The minimum Gasteiger partial charge on any atom is -0.346 e. The van der Waals surface area contributed by atoms with Gasteiger partial charge in [0.1, 0.15) is 12.1 Å². The maximum Gasteiger partial charge on any atom is 0.347 e. The molecule has 1 fully saturated rings. The molecule has 0 unspecified atom stereocenters. The van der Waals surface area contributed by atoms with Gasteiger partial charge < -0.3 is 14.8 Å². The zero-order chi connectivity index (χ0) is 21.1. The standard InChI is InChI=1S/C20H18ClFN4O4/c21-17-7-6-15(26-12-24-25-19(26)28)10-16(17)18(27)23-11-20(29-8-1-9-30-20)13-2-4-14(22)5-3-13/h2-7,10,12H,1,8-9,11H2,(H,23,27)(H,25,28). The van der Waals surface area contributed by atoms with Gasteiger partial charge in [-0.15, -0.1) is 0 Å². The number of halogens is 2. The van der Waals surface area contributed by atoms with Crippen LogP contribution in [0.25, 0.3) is 5.69 Å². The number of aromatic amines is 1. The molecule has 2 heterocycles. The Morgan fingerprint density at radius 2 is 1.97 bits per heavy atom. The van der Waals surface area contributed by atoms with E-state index >= 15 is 0 Å². The van der Waals surface area contributed by atoms with E-state index in [2.05, 4.69) is 15.5 Å². The van der Waals surface area contributed by atoms with Gasteiger partial charge in [-0.25, -0.2) is 18.9 Å². The maximum atomic E-state index is 13.3. The van der Waals surface area contributed by atoms with Gasteiger partial charge in [0.2, 0.25) is 5.79 Å². The minimum atomic E-state index is -1.23.